The lowest BCUT2D eigenvalue weighted by atomic mass is 10.2. The van der Waals surface area contributed by atoms with Crippen LogP contribution in [0.5, 0.6) is 0 Å². The van der Waals surface area contributed by atoms with E-state index < -0.39 is 21.1 Å². The first-order valence-electron chi connectivity index (χ1n) is 6.27. The molecule has 0 aromatic carbocycles. The molecule has 3 rings (SSSR count). The van der Waals surface area contributed by atoms with Crippen LogP contribution in [0.1, 0.15) is 29.2 Å². The maximum Gasteiger partial charge on any atom is 0.352 e. The molecule has 20 heavy (non-hydrogen) atoms. The summed E-state index contributed by atoms with van der Waals surface area (Å²) in [7, 11) is -3.09. The quantitative estimate of drug-likeness (QED) is 0.887. The topological polar surface area (TPSA) is 102 Å². The van der Waals surface area contributed by atoms with Gasteiger partial charge in [-0.15, -0.1) is 10.2 Å². The third-order valence-electron chi connectivity index (χ3n) is 3.59. The lowest BCUT2D eigenvalue weighted by Crippen LogP contribution is -2.20. The minimum absolute atomic E-state index is 0.0397. The van der Waals surface area contributed by atoms with Gasteiger partial charge in [0.25, 0.3) is 0 Å². The summed E-state index contributed by atoms with van der Waals surface area (Å²) in [5.41, 5.74) is 0.452. The molecule has 7 nitrogen and oxygen atoms in total. The Kier molecular flexibility index (Phi) is 2.97. The second kappa shape index (κ2) is 4.55. The molecule has 8 heteroatoms. The molecule has 1 saturated heterocycles. The highest BCUT2D eigenvalue weighted by Gasteiger charge is 2.32. The van der Waals surface area contributed by atoms with E-state index >= 15 is 0 Å². The van der Waals surface area contributed by atoms with E-state index in [4.69, 9.17) is 0 Å². The smallest absolute Gasteiger partial charge is 0.352 e. The van der Waals surface area contributed by atoms with Gasteiger partial charge in [-0.25, -0.2) is 13.2 Å². The first kappa shape index (κ1) is 13.0. The molecule has 0 radical (unpaired) electrons. The van der Waals surface area contributed by atoms with E-state index in [0.717, 1.165) is 0 Å². The predicted octanol–water partition coefficient (Wildman–Crippen LogP) is 0.547. The first-order valence-corrected chi connectivity index (χ1v) is 7.98. The van der Waals surface area contributed by atoms with Gasteiger partial charge in [0.15, 0.2) is 15.5 Å². The van der Waals surface area contributed by atoms with Gasteiger partial charge in [0.1, 0.15) is 11.5 Å². The molecule has 0 bridgehead atoms. The van der Waals surface area contributed by atoms with Gasteiger partial charge in [-0.2, -0.15) is 0 Å². The summed E-state index contributed by atoms with van der Waals surface area (Å²) in [6, 6.07) is 4.68. The highest BCUT2D eigenvalue weighted by molar-refractivity contribution is 7.92. The Hall–Kier alpha value is -1.96. The number of pyridine rings is 1. The van der Waals surface area contributed by atoms with Crippen molar-refractivity contribution in [3.63, 3.8) is 0 Å². The number of aromatic nitrogens is 3. The number of rotatable bonds is 3. The molecule has 0 aliphatic carbocycles. The zero-order chi connectivity index (χ0) is 14.3. The van der Waals surface area contributed by atoms with Crippen molar-refractivity contribution in [2.24, 2.45) is 0 Å². The minimum Gasteiger partial charge on any atom is -0.477 e. The summed E-state index contributed by atoms with van der Waals surface area (Å²) >= 11 is 0. The van der Waals surface area contributed by atoms with Gasteiger partial charge in [0, 0.05) is 6.42 Å². The largest absolute Gasteiger partial charge is 0.477 e. The van der Waals surface area contributed by atoms with Crippen molar-refractivity contribution in [1.82, 2.24) is 14.6 Å². The maximum absolute atomic E-state index is 11.9. The molecule has 3 heterocycles. The summed E-state index contributed by atoms with van der Waals surface area (Å²) in [6.45, 7) is 0. The molecule has 0 amide bonds. The van der Waals surface area contributed by atoms with Gasteiger partial charge in [-0.1, -0.05) is 6.07 Å². The molecule has 1 aliphatic heterocycles. The Balaban J connectivity index is 2.06. The van der Waals surface area contributed by atoms with Crippen LogP contribution in [0.2, 0.25) is 0 Å². The second-order valence-electron chi connectivity index (χ2n) is 4.86. The van der Waals surface area contributed by atoms with Gasteiger partial charge in [0.05, 0.1) is 11.0 Å². The number of hydrogen-bond acceptors (Lipinski definition) is 5. The fourth-order valence-electron chi connectivity index (χ4n) is 2.59. The molecule has 2 aromatic rings. The number of aromatic carboxylic acids is 1. The van der Waals surface area contributed by atoms with Crippen LogP contribution in [0.3, 0.4) is 0 Å². The standard InChI is InChI=1S/C12H13N3O4S/c16-12(17)9-4-1-5-10-13-14-11(15(9)10)7-8-3-2-6-20(8,18)19/h1,4-5,8H,2-3,6-7H2,(H,16,17). The van der Waals surface area contributed by atoms with Crippen LogP contribution < -0.4 is 0 Å². The number of sulfone groups is 1. The predicted molar refractivity (Wildman–Crippen MR) is 70.5 cm³/mol. The van der Waals surface area contributed by atoms with Crippen molar-refractivity contribution in [2.45, 2.75) is 24.5 Å². The number of carboxylic acids is 1. The van der Waals surface area contributed by atoms with E-state index in [0.29, 0.717) is 24.3 Å². The number of carboxylic acid groups (broad SMARTS) is 1. The Morgan fingerprint density at radius 3 is 2.85 bits per heavy atom. The Labute approximate surface area is 115 Å². The van der Waals surface area contributed by atoms with Crippen LogP contribution in [0.15, 0.2) is 18.2 Å². The summed E-state index contributed by atoms with van der Waals surface area (Å²) in [4.78, 5) is 11.2. The molecular weight excluding hydrogens is 282 g/mol. The molecule has 106 valence electrons. The average Bonchev–Trinajstić information content (AvgIpc) is 2.94. The zero-order valence-corrected chi connectivity index (χ0v) is 11.4. The Bertz CT molecular complexity index is 781. The molecular formula is C12H13N3O4S. The van der Waals surface area contributed by atoms with Crippen LogP contribution in [0, 0.1) is 0 Å². The molecule has 1 N–H and O–H groups in total. The Morgan fingerprint density at radius 2 is 2.20 bits per heavy atom. The van der Waals surface area contributed by atoms with Gasteiger partial charge in [-0.05, 0) is 25.0 Å². The maximum atomic E-state index is 11.9. The number of fused-ring (bicyclic) bond motifs is 1. The lowest BCUT2D eigenvalue weighted by Gasteiger charge is -2.08. The van der Waals surface area contributed by atoms with E-state index in [1.54, 1.807) is 12.1 Å². The van der Waals surface area contributed by atoms with Gasteiger partial charge < -0.3 is 5.11 Å². The van der Waals surface area contributed by atoms with Crippen molar-refractivity contribution in [3.8, 4) is 0 Å². The van der Waals surface area contributed by atoms with Crippen molar-refractivity contribution in [2.75, 3.05) is 5.75 Å². The van der Waals surface area contributed by atoms with Crippen LogP contribution in [-0.4, -0.2) is 45.1 Å². The summed E-state index contributed by atoms with van der Waals surface area (Å²) in [5.74, 6) is -0.514. The van der Waals surface area contributed by atoms with Gasteiger partial charge >= 0.3 is 5.97 Å². The van der Waals surface area contributed by atoms with Crippen molar-refractivity contribution in [1.29, 1.82) is 0 Å². The first-order chi connectivity index (χ1) is 9.49. The van der Waals surface area contributed by atoms with Gasteiger partial charge in [-0.3, -0.25) is 4.40 Å². The molecule has 1 fully saturated rings. The number of carbonyl (C=O) groups is 1. The highest BCUT2D eigenvalue weighted by Crippen LogP contribution is 2.23. The molecule has 1 atom stereocenters. The fourth-order valence-corrected chi connectivity index (χ4v) is 4.42. The summed E-state index contributed by atoms with van der Waals surface area (Å²) in [5, 5.41) is 16.6. The van der Waals surface area contributed by atoms with Crippen molar-refractivity contribution in [3.05, 3.63) is 29.7 Å². The third kappa shape index (κ3) is 2.05. The van der Waals surface area contributed by atoms with Crippen LogP contribution in [0.25, 0.3) is 5.65 Å². The number of hydrogen-bond donors (Lipinski definition) is 1. The van der Waals surface area contributed by atoms with E-state index in [-0.39, 0.29) is 17.9 Å². The van der Waals surface area contributed by atoms with E-state index in [1.165, 1.54) is 10.5 Å². The van der Waals surface area contributed by atoms with Gasteiger partial charge in [0.2, 0.25) is 0 Å². The number of nitrogens with zero attached hydrogens (tertiary/aromatic N) is 3. The third-order valence-corrected chi connectivity index (χ3v) is 5.86. The van der Waals surface area contributed by atoms with E-state index in [9.17, 15) is 18.3 Å². The van der Waals surface area contributed by atoms with Crippen molar-refractivity contribution < 1.29 is 18.3 Å². The fraction of sp³-hybridized carbons (Fsp3) is 0.417. The Morgan fingerprint density at radius 1 is 1.40 bits per heavy atom. The van der Waals surface area contributed by atoms with Crippen LogP contribution >= 0.6 is 0 Å². The van der Waals surface area contributed by atoms with Crippen LogP contribution in [0.4, 0.5) is 0 Å². The monoisotopic (exact) mass is 295 g/mol. The molecule has 1 aliphatic rings. The van der Waals surface area contributed by atoms with E-state index in [1.807, 2.05) is 0 Å². The molecule has 0 spiro atoms. The molecule has 0 saturated carbocycles. The highest BCUT2D eigenvalue weighted by atomic mass is 32.2. The SMILES string of the molecule is O=C(O)c1cccc2nnc(CC3CCCS3(=O)=O)n12. The van der Waals surface area contributed by atoms with Crippen LogP contribution in [-0.2, 0) is 16.3 Å². The normalized spacial score (nSPS) is 21.3. The minimum atomic E-state index is -3.09. The lowest BCUT2D eigenvalue weighted by molar-refractivity contribution is 0.0688. The molecule has 2 aromatic heterocycles. The second-order valence-corrected chi connectivity index (χ2v) is 7.26. The average molecular weight is 295 g/mol. The summed E-state index contributed by atoms with van der Waals surface area (Å²) < 4.78 is 25.2. The zero-order valence-electron chi connectivity index (χ0n) is 10.6. The van der Waals surface area contributed by atoms with Crippen molar-refractivity contribution >= 4 is 21.5 Å². The molecule has 1 unspecified atom stereocenters. The van der Waals surface area contributed by atoms with E-state index in [2.05, 4.69) is 10.2 Å². The summed E-state index contributed by atoms with van der Waals surface area (Å²) in [6.07, 6.45) is 1.44.